The van der Waals surface area contributed by atoms with Crippen LogP contribution in [0.5, 0.6) is 0 Å². The van der Waals surface area contributed by atoms with Crippen molar-refractivity contribution in [2.24, 2.45) is 4.99 Å². The van der Waals surface area contributed by atoms with Crippen LogP contribution < -0.4 is 5.32 Å². The lowest BCUT2D eigenvalue weighted by Gasteiger charge is -2.17. The van der Waals surface area contributed by atoms with Gasteiger partial charge in [0.15, 0.2) is 5.84 Å². The molecular weight excluding hydrogens is 394 g/mol. The Kier molecular flexibility index (Phi) is 5.71. The number of rotatable bonds is 6. The van der Waals surface area contributed by atoms with Gasteiger partial charge in [-0.3, -0.25) is 9.97 Å². The van der Waals surface area contributed by atoms with Gasteiger partial charge >= 0.3 is 0 Å². The van der Waals surface area contributed by atoms with E-state index in [4.69, 9.17) is 15.0 Å². The summed E-state index contributed by atoms with van der Waals surface area (Å²) >= 11 is 0. The average Bonchev–Trinajstić information content (AvgIpc) is 2.84. The minimum absolute atomic E-state index is 0.777. The number of hydrogen-bond acceptors (Lipinski definition) is 5. The largest absolute Gasteiger partial charge is 0.364 e. The summed E-state index contributed by atoms with van der Waals surface area (Å²) in [5.74, 6) is 0.838. The van der Waals surface area contributed by atoms with E-state index in [9.17, 15) is 0 Å². The first kappa shape index (κ1) is 20.1. The number of para-hydroxylation sites is 1. The maximum absolute atomic E-state index is 4.85. The van der Waals surface area contributed by atoms with Gasteiger partial charge in [-0.05, 0) is 74.2 Å². The monoisotopic (exact) mass is 419 g/mol. The Balaban J connectivity index is 1.25. The molecule has 0 spiro atoms. The fourth-order valence-corrected chi connectivity index (χ4v) is 3.90. The SMILES string of the molecule is Cc1cccc(-c2cccc(CCCc3cccc(C4=Nc5ccccc5CN4)n3)n2)n1. The zero-order valence-corrected chi connectivity index (χ0v) is 18.1. The Labute approximate surface area is 188 Å². The fraction of sp³-hybridized carbons (Fsp3) is 0.185. The van der Waals surface area contributed by atoms with E-state index in [2.05, 4.69) is 40.6 Å². The quantitative estimate of drug-likeness (QED) is 0.466. The molecule has 158 valence electrons. The molecule has 1 N–H and O–H groups in total. The van der Waals surface area contributed by atoms with Gasteiger partial charge in [0.2, 0.25) is 0 Å². The van der Waals surface area contributed by atoms with Gasteiger partial charge in [-0.25, -0.2) is 9.98 Å². The van der Waals surface area contributed by atoms with Crippen LogP contribution in [0.1, 0.15) is 34.8 Å². The van der Waals surface area contributed by atoms with Gasteiger partial charge in [0, 0.05) is 23.6 Å². The van der Waals surface area contributed by atoms with Crippen molar-refractivity contribution >= 4 is 11.5 Å². The highest BCUT2D eigenvalue weighted by Crippen LogP contribution is 2.23. The maximum Gasteiger partial charge on any atom is 0.152 e. The summed E-state index contributed by atoms with van der Waals surface area (Å²) in [6.07, 6.45) is 2.78. The third kappa shape index (κ3) is 4.57. The molecule has 0 amide bonds. The summed E-state index contributed by atoms with van der Waals surface area (Å²) in [5, 5.41) is 3.40. The van der Waals surface area contributed by atoms with Gasteiger partial charge in [-0.1, -0.05) is 36.4 Å². The van der Waals surface area contributed by atoms with Crippen LogP contribution in [-0.4, -0.2) is 20.8 Å². The van der Waals surface area contributed by atoms with E-state index in [1.807, 2.05) is 55.5 Å². The van der Waals surface area contributed by atoms with Crippen LogP contribution in [0.25, 0.3) is 11.4 Å². The minimum atomic E-state index is 0.777. The molecule has 0 radical (unpaired) electrons. The number of benzene rings is 1. The smallest absolute Gasteiger partial charge is 0.152 e. The first-order valence-corrected chi connectivity index (χ1v) is 11.0. The Hall–Kier alpha value is -3.86. The second-order valence-electron chi connectivity index (χ2n) is 7.99. The number of nitrogens with one attached hydrogen (secondary N) is 1. The standard InChI is InChI=1S/C27H25N5/c1-19-8-4-15-24(29-19)25-16-6-12-21(30-25)10-5-11-22-13-7-17-26(31-22)27-28-18-20-9-2-3-14-23(20)32-27/h2-4,6-9,12-17H,5,10-11,18H2,1H3,(H,28,32). The van der Waals surface area contributed by atoms with Gasteiger partial charge in [-0.2, -0.15) is 0 Å². The third-order valence-electron chi connectivity index (χ3n) is 5.54. The second-order valence-corrected chi connectivity index (χ2v) is 7.99. The lowest BCUT2D eigenvalue weighted by Crippen LogP contribution is -2.27. The summed E-state index contributed by atoms with van der Waals surface area (Å²) in [5.41, 5.74) is 8.12. The number of pyridine rings is 3. The van der Waals surface area contributed by atoms with Gasteiger partial charge in [0.25, 0.3) is 0 Å². The number of aromatic nitrogens is 3. The first-order valence-electron chi connectivity index (χ1n) is 11.0. The maximum atomic E-state index is 4.85. The molecule has 0 aliphatic carbocycles. The predicted molar refractivity (Wildman–Crippen MR) is 128 cm³/mol. The van der Waals surface area contributed by atoms with E-state index >= 15 is 0 Å². The van der Waals surface area contributed by atoms with Crippen molar-refractivity contribution in [1.29, 1.82) is 0 Å². The van der Waals surface area contributed by atoms with E-state index in [1.165, 1.54) is 5.56 Å². The number of amidine groups is 1. The normalized spacial score (nSPS) is 12.6. The van der Waals surface area contributed by atoms with Gasteiger partial charge in [-0.15, -0.1) is 0 Å². The molecule has 0 bridgehead atoms. The van der Waals surface area contributed by atoms with Crippen LogP contribution >= 0.6 is 0 Å². The zero-order valence-electron chi connectivity index (χ0n) is 18.1. The minimum Gasteiger partial charge on any atom is -0.364 e. The van der Waals surface area contributed by atoms with Crippen LogP contribution in [0.2, 0.25) is 0 Å². The Morgan fingerprint density at radius 3 is 2.12 bits per heavy atom. The van der Waals surface area contributed by atoms with Crippen molar-refractivity contribution in [2.75, 3.05) is 0 Å². The molecule has 0 saturated heterocycles. The van der Waals surface area contributed by atoms with Gasteiger partial charge in [0.05, 0.1) is 17.1 Å². The number of hydrogen-bond donors (Lipinski definition) is 1. The van der Waals surface area contributed by atoms with Gasteiger partial charge < -0.3 is 5.32 Å². The molecule has 4 aromatic rings. The topological polar surface area (TPSA) is 63.1 Å². The van der Waals surface area contributed by atoms with E-state index < -0.39 is 0 Å². The molecule has 3 aromatic heterocycles. The summed E-state index contributed by atoms with van der Waals surface area (Å²) < 4.78 is 0. The van der Waals surface area contributed by atoms with Crippen molar-refractivity contribution in [2.45, 2.75) is 32.7 Å². The highest BCUT2D eigenvalue weighted by molar-refractivity contribution is 5.99. The number of nitrogens with zero attached hydrogens (tertiary/aromatic N) is 4. The summed E-state index contributed by atoms with van der Waals surface area (Å²) in [4.78, 5) is 19.0. The molecule has 4 heterocycles. The molecule has 5 rings (SSSR count). The molecule has 0 unspecified atom stereocenters. The van der Waals surface area contributed by atoms with Crippen LogP contribution in [0, 0.1) is 6.92 Å². The van der Waals surface area contributed by atoms with Crippen LogP contribution in [0.4, 0.5) is 5.69 Å². The van der Waals surface area contributed by atoms with Crippen LogP contribution in [-0.2, 0) is 19.4 Å². The molecule has 1 aromatic carbocycles. The molecule has 5 heteroatoms. The predicted octanol–water partition coefficient (Wildman–Crippen LogP) is 5.20. The van der Waals surface area contributed by atoms with Crippen LogP contribution in [0.15, 0.2) is 83.9 Å². The van der Waals surface area contributed by atoms with Crippen molar-refractivity contribution in [1.82, 2.24) is 20.3 Å². The van der Waals surface area contributed by atoms with Crippen molar-refractivity contribution in [3.63, 3.8) is 0 Å². The first-order chi connectivity index (χ1) is 15.7. The summed E-state index contributed by atoms with van der Waals surface area (Å²) in [6.45, 7) is 2.78. The fourth-order valence-electron chi connectivity index (χ4n) is 3.90. The molecule has 0 atom stereocenters. The summed E-state index contributed by atoms with van der Waals surface area (Å²) in [7, 11) is 0. The molecule has 0 fully saturated rings. The summed E-state index contributed by atoms with van der Waals surface area (Å²) in [6, 6.07) is 26.6. The Morgan fingerprint density at radius 1 is 0.688 bits per heavy atom. The van der Waals surface area contributed by atoms with Crippen molar-refractivity contribution in [3.05, 3.63) is 107 Å². The zero-order chi connectivity index (χ0) is 21.8. The lowest BCUT2D eigenvalue weighted by atomic mass is 10.1. The van der Waals surface area contributed by atoms with Gasteiger partial charge in [0.1, 0.15) is 5.69 Å². The van der Waals surface area contributed by atoms with E-state index in [0.29, 0.717) is 0 Å². The van der Waals surface area contributed by atoms with Crippen molar-refractivity contribution < 1.29 is 0 Å². The molecule has 1 aliphatic heterocycles. The number of aryl methyl sites for hydroxylation is 3. The van der Waals surface area contributed by atoms with E-state index in [0.717, 1.165) is 71.5 Å². The number of aliphatic imine (C=N–C) groups is 1. The molecule has 32 heavy (non-hydrogen) atoms. The molecular formula is C27H25N5. The van der Waals surface area contributed by atoms with Crippen molar-refractivity contribution in [3.8, 4) is 11.4 Å². The highest BCUT2D eigenvalue weighted by Gasteiger charge is 2.13. The molecule has 5 nitrogen and oxygen atoms in total. The average molecular weight is 420 g/mol. The van der Waals surface area contributed by atoms with Crippen LogP contribution in [0.3, 0.4) is 0 Å². The Bertz CT molecular complexity index is 1280. The second kappa shape index (κ2) is 9.10. The number of fused-ring (bicyclic) bond motifs is 1. The highest BCUT2D eigenvalue weighted by atomic mass is 15.0. The third-order valence-corrected chi connectivity index (χ3v) is 5.54. The molecule has 1 aliphatic rings. The lowest BCUT2D eigenvalue weighted by molar-refractivity contribution is 0.779. The van der Waals surface area contributed by atoms with E-state index in [-0.39, 0.29) is 0 Å². The van der Waals surface area contributed by atoms with E-state index in [1.54, 1.807) is 0 Å². The Morgan fingerprint density at radius 2 is 1.34 bits per heavy atom. The molecule has 0 saturated carbocycles.